The van der Waals surface area contributed by atoms with Crippen molar-refractivity contribution < 1.29 is 38.1 Å². The molecule has 0 saturated carbocycles. The van der Waals surface area contributed by atoms with Gasteiger partial charge in [0, 0.05) is 26.2 Å². The van der Waals surface area contributed by atoms with Crippen LogP contribution in [0.3, 0.4) is 0 Å². The van der Waals surface area contributed by atoms with E-state index in [0.29, 0.717) is 45.2 Å². The summed E-state index contributed by atoms with van der Waals surface area (Å²) in [7, 11) is 2.10. The van der Waals surface area contributed by atoms with Crippen LogP contribution in [0.4, 0.5) is 0 Å². The lowest BCUT2D eigenvalue weighted by molar-refractivity contribution is -0.145. The van der Waals surface area contributed by atoms with Crippen LogP contribution in [0.5, 0.6) is 0 Å². The molecule has 0 rings (SSSR count). The molecule has 1 atom stereocenters. The number of allylic oxidation sites excluding steroid dienone is 11. The van der Waals surface area contributed by atoms with Gasteiger partial charge in [-0.15, -0.1) is 0 Å². The Morgan fingerprint density at radius 2 is 0.700 bits per heavy atom. The number of hydrogen-bond acceptors (Lipinski definition) is 11. The molecule has 400 valence electrons. The monoisotopic (exact) mass is 980 g/mol. The molecule has 0 saturated heterocycles. The molecular formula is C59H101N3O8. The first-order valence-corrected chi connectivity index (χ1v) is 26.5. The number of hydrogen-bond donors (Lipinski definition) is 0. The standard InChI is InChI=1S/C59H101N3O8/c1-48(2)20-14-24-52(9)32-44-67-56(63)28-40-61(41-29-57(64)68-45-33-53(10)25-15-21-49(3)4)38-18-36-60(13)37-19-39-62(42-30-58(65)69-46-34-54(11)26-16-22-50(5)6)43-31-59(66)70-47-35-55(12)27-17-23-51(7)8/h20-23,32-34,55H,14-19,24-31,35-47H2,1-13H3/b52-32+,53-33+,54-34+. The Morgan fingerprint density at radius 1 is 0.386 bits per heavy atom. The maximum atomic E-state index is 12.8. The van der Waals surface area contributed by atoms with E-state index in [-0.39, 0.29) is 69.4 Å². The highest BCUT2D eigenvalue weighted by Gasteiger charge is 2.15. The largest absolute Gasteiger partial charge is 0.466 e. The molecule has 0 spiro atoms. The Bertz CT molecular complexity index is 1630. The van der Waals surface area contributed by atoms with E-state index in [1.54, 1.807) is 0 Å². The quantitative estimate of drug-likeness (QED) is 0.0331. The van der Waals surface area contributed by atoms with E-state index in [2.05, 4.69) is 129 Å². The lowest BCUT2D eigenvalue weighted by Gasteiger charge is -2.25. The maximum Gasteiger partial charge on any atom is 0.307 e. The van der Waals surface area contributed by atoms with Gasteiger partial charge in [-0.05, 0) is 204 Å². The SMILES string of the molecule is CC(C)=CCC/C(C)=C/COC(=O)CCN(CCCN(C)CCCN(CCC(=O)OC/C=C(\C)CCC=C(C)C)CCC(=O)OCCC(C)CCC=C(C)C)CCC(=O)OC/C=C(\C)CCC=C(C)C. The van der Waals surface area contributed by atoms with Crippen LogP contribution in [-0.2, 0) is 38.1 Å². The Balaban J connectivity index is 5.40. The van der Waals surface area contributed by atoms with Crippen LogP contribution in [0, 0.1) is 5.92 Å². The van der Waals surface area contributed by atoms with Crippen LogP contribution in [0.1, 0.15) is 179 Å². The summed E-state index contributed by atoms with van der Waals surface area (Å²) in [5.41, 5.74) is 8.81. The summed E-state index contributed by atoms with van der Waals surface area (Å²) >= 11 is 0. The van der Waals surface area contributed by atoms with E-state index in [1.807, 2.05) is 18.2 Å². The van der Waals surface area contributed by atoms with E-state index in [4.69, 9.17) is 18.9 Å². The molecule has 0 aliphatic rings. The van der Waals surface area contributed by atoms with Crippen molar-refractivity contribution in [2.24, 2.45) is 5.92 Å². The summed E-state index contributed by atoms with van der Waals surface area (Å²) in [6.45, 7) is 31.4. The minimum absolute atomic E-state index is 0.212. The second-order valence-corrected chi connectivity index (χ2v) is 20.3. The Labute approximate surface area is 427 Å². The zero-order chi connectivity index (χ0) is 52.5. The number of esters is 4. The van der Waals surface area contributed by atoms with Crippen molar-refractivity contribution in [3.8, 4) is 0 Å². The van der Waals surface area contributed by atoms with Crippen molar-refractivity contribution in [3.05, 3.63) is 81.5 Å². The molecule has 0 aliphatic carbocycles. The average Bonchev–Trinajstić information content (AvgIpc) is 3.27. The highest BCUT2D eigenvalue weighted by Crippen LogP contribution is 2.13. The lowest BCUT2D eigenvalue weighted by atomic mass is 10.0. The highest BCUT2D eigenvalue weighted by atomic mass is 16.5. The van der Waals surface area contributed by atoms with Gasteiger partial charge in [-0.3, -0.25) is 19.2 Å². The number of carbonyl (C=O) groups is 4. The van der Waals surface area contributed by atoms with E-state index < -0.39 is 0 Å². The molecule has 0 N–H and O–H groups in total. The molecular weight excluding hydrogens is 879 g/mol. The van der Waals surface area contributed by atoms with Crippen molar-refractivity contribution in [2.75, 3.05) is 85.8 Å². The molecule has 0 aromatic rings. The van der Waals surface area contributed by atoms with Crippen molar-refractivity contribution in [1.29, 1.82) is 0 Å². The molecule has 0 fully saturated rings. The number of ether oxygens (including phenoxy) is 4. The van der Waals surface area contributed by atoms with Crippen LogP contribution >= 0.6 is 0 Å². The minimum Gasteiger partial charge on any atom is -0.466 e. The number of carbonyl (C=O) groups excluding carboxylic acids is 4. The predicted molar refractivity (Wildman–Crippen MR) is 292 cm³/mol. The van der Waals surface area contributed by atoms with Crippen molar-refractivity contribution in [2.45, 2.75) is 179 Å². The Morgan fingerprint density at radius 3 is 1.03 bits per heavy atom. The summed E-state index contributed by atoms with van der Waals surface area (Å²) in [6.07, 6.45) is 26.2. The van der Waals surface area contributed by atoms with Crippen LogP contribution in [0.25, 0.3) is 0 Å². The summed E-state index contributed by atoms with van der Waals surface area (Å²) in [4.78, 5) is 57.8. The normalized spacial score (nSPS) is 12.4. The van der Waals surface area contributed by atoms with Crippen LogP contribution in [-0.4, -0.2) is 124 Å². The van der Waals surface area contributed by atoms with Gasteiger partial charge in [0.25, 0.3) is 0 Å². The number of nitrogens with zero attached hydrogens (tertiary/aromatic N) is 3. The molecule has 70 heavy (non-hydrogen) atoms. The summed E-state index contributed by atoms with van der Waals surface area (Å²) < 4.78 is 22.3. The predicted octanol–water partition coefficient (Wildman–Crippen LogP) is 12.9. The van der Waals surface area contributed by atoms with E-state index in [0.717, 1.165) is 90.3 Å². The first-order valence-electron chi connectivity index (χ1n) is 26.5. The highest BCUT2D eigenvalue weighted by molar-refractivity contribution is 5.71. The van der Waals surface area contributed by atoms with Gasteiger partial charge in [0.1, 0.15) is 19.8 Å². The molecule has 0 heterocycles. The summed E-state index contributed by atoms with van der Waals surface area (Å²) in [5.74, 6) is -0.492. The lowest BCUT2D eigenvalue weighted by Crippen LogP contribution is -2.34. The molecule has 1 unspecified atom stereocenters. The van der Waals surface area contributed by atoms with E-state index in [1.165, 1.54) is 39.0 Å². The van der Waals surface area contributed by atoms with E-state index in [9.17, 15) is 19.2 Å². The van der Waals surface area contributed by atoms with Gasteiger partial charge >= 0.3 is 23.9 Å². The van der Waals surface area contributed by atoms with Gasteiger partial charge in [-0.1, -0.05) is 70.2 Å². The topological polar surface area (TPSA) is 115 Å². The summed E-state index contributed by atoms with van der Waals surface area (Å²) in [5, 5.41) is 0. The fraction of sp³-hybridized carbons (Fsp3) is 0.695. The molecule has 0 bridgehead atoms. The van der Waals surface area contributed by atoms with Gasteiger partial charge in [0.2, 0.25) is 0 Å². The number of rotatable bonds is 41. The fourth-order valence-corrected chi connectivity index (χ4v) is 7.27. The minimum atomic E-state index is -0.254. The van der Waals surface area contributed by atoms with Gasteiger partial charge in [-0.2, -0.15) is 0 Å². The van der Waals surface area contributed by atoms with Crippen LogP contribution in [0.15, 0.2) is 81.5 Å². The zero-order valence-corrected chi connectivity index (χ0v) is 46.8. The average molecular weight is 980 g/mol. The third-order valence-electron chi connectivity index (χ3n) is 11.9. The molecule has 0 aliphatic heterocycles. The Hall–Kier alpha value is -4.06. The van der Waals surface area contributed by atoms with Crippen molar-refractivity contribution >= 4 is 23.9 Å². The third-order valence-corrected chi connectivity index (χ3v) is 11.9. The molecule has 11 nitrogen and oxygen atoms in total. The van der Waals surface area contributed by atoms with E-state index >= 15 is 0 Å². The van der Waals surface area contributed by atoms with Gasteiger partial charge in [-0.25, -0.2) is 0 Å². The fourth-order valence-electron chi connectivity index (χ4n) is 7.27. The van der Waals surface area contributed by atoms with Gasteiger partial charge < -0.3 is 33.6 Å². The molecule has 0 radical (unpaired) electrons. The van der Waals surface area contributed by atoms with Gasteiger partial charge in [0.05, 0.1) is 32.3 Å². The molecule has 0 amide bonds. The first kappa shape index (κ1) is 65.9. The molecule has 0 aromatic heterocycles. The molecule has 0 aromatic carbocycles. The van der Waals surface area contributed by atoms with Crippen LogP contribution < -0.4 is 0 Å². The smallest absolute Gasteiger partial charge is 0.307 e. The van der Waals surface area contributed by atoms with Crippen molar-refractivity contribution in [3.63, 3.8) is 0 Å². The maximum absolute atomic E-state index is 12.8. The summed E-state index contributed by atoms with van der Waals surface area (Å²) in [6, 6.07) is 0. The van der Waals surface area contributed by atoms with Crippen molar-refractivity contribution in [1.82, 2.24) is 14.7 Å². The first-order chi connectivity index (χ1) is 33.2. The Kier molecular flexibility index (Phi) is 40.1. The second kappa shape index (κ2) is 42.6. The second-order valence-electron chi connectivity index (χ2n) is 20.3. The zero-order valence-electron chi connectivity index (χ0n) is 46.8. The molecule has 11 heteroatoms. The van der Waals surface area contributed by atoms with Crippen LogP contribution in [0.2, 0.25) is 0 Å². The van der Waals surface area contributed by atoms with Gasteiger partial charge in [0.15, 0.2) is 0 Å². The third kappa shape index (κ3) is 43.9.